The number of aromatic amines is 1. The molecular weight excluding hydrogens is 273 g/mol. The molecule has 0 saturated carbocycles. The highest BCUT2D eigenvalue weighted by molar-refractivity contribution is 5.89. The molecule has 2 N–H and O–H groups in total. The van der Waals surface area contributed by atoms with Crippen LogP contribution in [0.5, 0.6) is 0 Å². The number of aromatic nitrogens is 2. The van der Waals surface area contributed by atoms with Crippen molar-refractivity contribution >= 4 is 11.7 Å². The molecule has 0 radical (unpaired) electrons. The van der Waals surface area contributed by atoms with Gasteiger partial charge in [0.25, 0.3) is 0 Å². The van der Waals surface area contributed by atoms with E-state index in [4.69, 9.17) is 0 Å². The zero-order valence-electron chi connectivity index (χ0n) is 13.2. The first kappa shape index (κ1) is 19.3. The Balaban J connectivity index is 0.00000122. The van der Waals surface area contributed by atoms with Gasteiger partial charge in [0.15, 0.2) is 11.6 Å². The first-order valence-corrected chi connectivity index (χ1v) is 7.59. The van der Waals surface area contributed by atoms with Crippen molar-refractivity contribution in [3.05, 3.63) is 22.5 Å². The molecule has 120 valence electrons. The van der Waals surface area contributed by atoms with Crippen LogP contribution < -0.4 is 11.0 Å². The van der Waals surface area contributed by atoms with Gasteiger partial charge in [-0.25, -0.2) is 9.18 Å². The van der Waals surface area contributed by atoms with Gasteiger partial charge >= 0.3 is 5.69 Å². The second kappa shape index (κ2) is 12.1. The summed E-state index contributed by atoms with van der Waals surface area (Å²) in [6, 6.07) is 0. The molecular formula is C15H26FN3O2. The van der Waals surface area contributed by atoms with Crippen LogP contribution in [0.15, 0.2) is 11.0 Å². The maximum Gasteiger partial charge on any atom is 0.346 e. The van der Waals surface area contributed by atoms with Crippen molar-refractivity contribution in [1.29, 1.82) is 0 Å². The Morgan fingerprint density at radius 1 is 1.24 bits per heavy atom. The lowest BCUT2D eigenvalue weighted by molar-refractivity contribution is -0.116. The van der Waals surface area contributed by atoms with Crippen molar-refractivity contribution in [2.45, 2.75) is 65.7 Å². The number of halogens is 1. The second-order valence-corrected chi connectivity index (χ2v) is 4.83. The Hall–Kier alpha value is -1.72. The molecule has 0 aliphatic rings. The highest BCUT2D eigenvalue weighted by Gasteiger charge is 2.07. The molecule has 0 fully saturated rings. The van der Waals surface area contributed by atoms with Crippen molar-refractivity contribution < 1.29 is 9.18 Å². The maximum atomic E-state index is 13.2. The fraction of sp³-hybridized carbons (Fsp3) is 0.667. The Labute approximate surface area is 125 Å². The van der Waals surface area contributed by atoms with E-state index < -0.39 is 11.5 Å². The van der Waals surface area contributed by atoms with E-state index >= 15 is 0 Å². The summed E-state index contributed by atoms with van der Waals surface area (Å²) in [7, 11) is 0. The molecule has 1 heterocycles. The van der Waals surface area contributed by atoms with Crippen LogP contribution in [0.2, 0.25) is 0 Å². The molecule has 0 saturated heterocycles. The molecule has 1 rings (SSSR count). The van der Waals surface area contributed by atoms with E-state index in [9.17, 15) is 14.0 Å². The van der Waals surface area contributed by atoms with Crippen LogP contribution in [-0.4, -0.2) is 15.9 Å². The van der Waals surface area contributed by atoms with Gasteiger partial charge in [0.2, 0.25) is 5.91 Å². The number of nitrogens with one attached hydrogen (secondary N) is 2. The third-order valence-electron chi connectivity index (χ3n) is 2.54. The molecule has 6 heteroatoms. The van der Waals surface area contributed by atoms with Crippen molar-refractivity contribution in [1.82, 2.24) is 9.97 Å². The third kappa shape index (κ3) is 9.76. The van der Waals surface area contributed by atoms with E-state index in [1.54, 1.807) is 0 Å². The van der Waals surface area contributed by atoms with Gasteiger partial charge in [0.05, 0.1) is 6.20 Å². The molecule has 1 amide bonds. The zero-order chi connectivity index (χ0) is 16.1. The summed E-state index contributed by atoms with van der Waals surface area (Å²) in [5.74, 6) is -1.25. The van der Waals surface area contributed by atoms with Crippen LogP contribution in [0.3, 0.4) is 0 Å². The van der Waals surface area contributed by atoms with Gasteiger partial charge in [0.1, 0.15) is 0 Å². The normalized spacial score (nSPS) is 9.71. The predicted molar refractivity (Wildman–Crippen MR) is 82.8 cm³/mol. The predicted octanol–water partition coefficient (Wildman–Crippen LogP) is 3.62. The zero-order valence-corrected chi connectivity index (χ0v) is 13.2. The number of carbonyl (C=O) groups excluding carboxylic acids is 1. The summed E-state index contributed by atoms with van der Waals surface area (Å²) in [6.07, 6.45) is 7.52. The Morgan fingerprint density at radius 2 is 1.86 bits per heavy atom. The molecule has 0 atom stereocenters. The quantitative estimate of drug-likeness (QED) is 0.755. The minimum Gasteiger partial charge on any atom is -0.310 e. The standard InChI is InChI=1S/C12H18FN3O2.C3H8/c1-2-3-4-5-6-7-10(17)15-11-9(13)8-14-12(18)16-11;1-3-2/h8H,2-7H2,1H3,(H2,14,15,16,17,18);3H2,1-2H3. The van der Waals surface area contributed by atoms with E-state index in [1.807, 2.05) is 0 Å². The monoisotopic (exact) mass is 299 g/mol. The molecule has 0 unspecified atom stereocenters. The van der Waals surface area contributed by atoms with Crippen LogP contribution >= 0.6 is 0 Å². The number of anilines is 1. The molecule has 0 aliphatic carbocycles. The van der Waals surface area contributed by atoms with Gasteiger partial charge in [-0.3, -0.25) is 9.78 Å². The highest BCUT2D eigenvalue weighted by Crippen LogP contribution is 2.08. The van der Waals surface area contributed by atoms with Gasteiger partial charge in [-0.15, -0.1) is 0 Å². The lowest BCUT2D eigenvalue weighted by atomic mass is 10.1. The van der Waals surface area contributed by atoms with Crippen LogP contribution in [0.1, 0.15) is 65.7 Å². The van der Waals surface area contributed by atoms with Crippen LogP contribution in [0, 0.1) is 5.82 Å². The molecule has 1 aromatic rings. The van der Waals surface area contributed by atoms with Gasteiger partial charge in [0, 0.05) is 6.42 Å². The summed E-state index contributed by atoms with van der Waals surface area (Å²) in [4.78, 5) is 27.7. The van der Waals surface area contributed by atoms with Crippen molar-refractivity contribution in [2.24, 2.45) is 0 Å². The fourth-order valence-electron chi connectivity index (χ4n) is 1.56. The summed E-state index contributed by atoms with van der Waals surface area (Å²) in [6.45, 7) is 6.37. The number of rotatable bonds is 7. The number of unbranched alkanes of at least 4 members (excludes halogenated alkanes) is 4. The summed E-state index contributed by atoms with van der Waals surface area (Å²) in [5.41, 5.74) is -0.686. The second-order valence-electron chi connectivity index (χ2n) is 4.83. The highest BCUT2D eigenvalue weighted by atomic mass is 19.1. The number of H-pyrrole nitrogens is 1. The average molecular weight is 299 g/mol. The van der Waals surface area contributed by atoms with E-state index in [0.29, 0.717) is 6.42 Å². The van der Waals surface area contributed by atoms with Crippen molar-refractivity contribution in [3.63, 3.8) is 0 Å². The Kier molecular flexibility index (Phi) is 11.1. The smallest absolute Gasteiger partial charge is 0.310 e. The van der Waals surface area contributed by atoms with E-state index in [1.165, 1.54) is 6.42 Å². The van der Waals surface area contributed by atoms with Gasteiger partial charge in [-0.1, -0.05) is 52.9 Å². The SMILES string of the molecule is CCC.CCCCCCCC(=O)Nc1[nH]c(=O)ncc1F. The largest absolute Gasteiger partial charge is 0.346 e. The van der Waals surface area contributed by atoms with E-state index in [2.05, 4.69) is 36.1 Å². The molecule has 21 heavy (non-hydrogen) atoms. The van der Waals surface area contributed by atoms with E-state index in [-0.39, 0.29) is 11.7 Å². The number of hydrogen-bond acceptors (Lipinski definition) is 3. The van der Waals surface area contributed by atoms with Crippen LogP contribution in [0.4, 0.5) is 10.2 Å². The van der Waals surface area contributed by atoms with E-state index in [0.717, 1.165) is 38.3 Å². The minimum atomic E-state index is -0.742. The Bertz CT molecular complexity index is 460. The summed E-state index contributed by atoms with van der Waals surface area (Å²) >= 11 is 0. The summed E-state index contributed by atoms with van der Waals surface area (Å²) in [5, 5.41) is 2.33. The minimum absolute atomic E-state index is 0.214. The van der Waals surface area contributed by atoms with Crippen molar-refractivity contribution in [2.75, 3.05) is 5.32 Å². The molecule has 0 aliphatic heterocycles. The van der Waals surface area contributed by atoms with Gasteiger partial charge in [-0.2, -0.15) is 4.98 Å². The number of nitrogens with zero attached hydrogens (tertiary/aromatic N) is 1. The van der Waals surface area contributed by atoms with Gasteiger partial charge < -0.3 is 5.32 Å². The lowest BCUT2D eigenvalue weighted by Gasteiger charge is -2.05. The number of amides is 1. The third-order valence-corrected chi connectivity index (χ3v) is 2.54. The first-order chi connectivity index (χ1) is 10.0. The molecule has 0 spiro atoms. The molecule has 5 nitrogen and oxygen atoms in total. The van der Waals surface area contributed by atoms with Crippen LogP contribution in [-0.2, 0) is 4.79 Å². The lowest BCUT2D eigenvalue weighted by Crippen LogP contribution is -2.19. The first-order valence-electron chi connectivity index (χ1n) is 7.59. The Morgan fingerprint density at radius 3 is 2.48 bits per heavy atom. The summed E-state index contributed by atoms with van der Waals surface area (Å²) < 4.78 is 13.2. The van der Waals surface area contributed by atoms with Crippen LogP contribution in [0.25, 0.3) is 0 Å². The number of carbonyl (C=O) groups is 1. The maximum absolute atomic E-state index is 13.2. The molecule has 1 aromatic heterocycles. The topological polar surface area (TPSA) is 74.8 Å². The molecule has 0 aromatic carbocycles. The van der Waals surface area contributed by atoms with Crippen molar-refractivity contribution in [3.8, 4) is 0 Å². The van der Waals surface area contributed by atoms with Gasteiger partial charge in [-0.05, 0) is 6.42 Å². The molecule has 0 bridgehead atoms. The number of hydrogen-bond donors (Lipinski definition) is 2. The average Bonchev–Trinajstić information content (AvgIpc) is 2.43. The fourth-order valence-corrected chi connectivity index (χ4v) is 1.56.